The molecule has 1 unspecified atom stereocenters. The lowest BCUT2D eigenvalue weighted by atomic mass is 10.2. The normalized spacial score (nSPS) is 19.0. The molecule has 1 atom stereocenters. The number of amides is 1. The lowest BCUT2D eigenvalue weighted by Crippen LogP contribution is -2.42. The average molecular weight is 345 g/mol. The van der Waals surface area contributed by atoms with Gasteiger partial charge in [0.1, 0.15) is 5.60 Å². The highest BCUT2D eigenvalue weighted by atomic mass is 32.2. The zero-order valence-corrected chi connectivity index (χ0v) is 14.1. The Labute approximate surface area is 134 Å². The molecule has 0 radical (unpaired) electrons. The Balaban J connectivity index is 2.11. The van der Waals surface area contributed by atoms with E-state index in [9.17, 15) is 17.6 Å². The van der Waals surface area contributed by atoms with Crippen LogP contribution < -0.4 is 0 Å². The topological polar surface area (TPSA) is 89.5 Å². The zero-order chi connectivity index (χ0) is 17.3. The molecule has 1 aliphatic rings. The predicted octanol–water partition coefficient (Wildman–Crippen LogP) is 1.79. The van der Waals surface area contributed by atoms with Crippen LogP contribution in [0, 0.1) is 5.82 Å². The van der Waals surface area contributed by atoms with Gasteiger partial charge >= 0.3 is 6.09 Å². The van der Waals surface area contributed by atoms with E-state index in [4.69, 9.17) is 4.74 Å². The summed E-state index contributed by atoms with van der Waals surface area (Å²) in [5, 5.41) is -0.435. The van der Waals surface area contributed by atoms with Gasteiger partial charge in [-0.05, 0) is 33.6 Å². The number of rotatable bonds is 3. The second kappa shape index (κ2) is 6.38. The summed E-state index contributed by atoms with van der Waals surface area (Å²) >= 11 is 0. The first kappa shape index (κ1) is 17.6. The Hall–Kier alpha value is -1.77. The first-order valence-corrected chi connectivity index (χ1v) is 8.94. The summed E-state index contributed by atoms with van der Waals surface area (Å²) in [5.74, 6) is -1.02. The van der Waals surface area contributed by atoms with Crippen molar-refractivity contribution in [3.8, 4) is 0 Å². The molecule has 1 aromatic heterocycles. The molecular formula is C14H20FN3O4S. The first-order chi connectivity index (χ1) is 10.6. The van der Waals surface area contributed by atoms with Gasteiger partial charge in [-0.3, -0.25) is 0 Å². The number of hydrogen-bond acceptors (Lipinski definition) is 6. The molecular weight excluding hydrogens is 325 g/mol. The van der Waals surface area contributed by atoms with Crippen LogP contribution in [0.3, 0.4) is 0 Å². The summed E-state index contributed by atoms with van der Waals surface area (Å²) in [5.41, 5.74) is -0.650. The molecule has 0 bridgehead atoms. The van der Waals surface area contributed by atoms with Crippen LogP contribution in [0.2, 0.25) is 0 Å². The number of ether oxygens (including phenoxy) is 1. The number of likely N-dealkylation sites (tertiary alicyclic amines) is 1. The molecule has 1 aromatic rings. The van der Waals surface area contributed by atoms with Crippen molar-refractivity contribution in [3.05, 3.63) is 18.2 Å². The van der Waals surface area contributed by atoms with Gasteiger partial charge in [-0.15, -0.1) is 0 Å². The van der Waals surface area contributed by atoms with Crippen molar-refractivity contribution in [3.63, 3.8) is 0 Å². The number of carbonyl (C=O) groups is 1. The number of aromatic nitrogens is 2. The maximum absolute atomic E-state index is 12.8. The van der Waals surface area contributed by atoms with Crippen molar-refractivity contribution in [2.24, 2.45) is 0 Å². The molecule has 2 rings (SSSR count). The van der Waals surface area contributed by atoms with E-state index in [1.807, 2.05) is 0 Å². The SMILES string of the molecule is CC(C)(C)OC(=O)N1CCCC1CS(=O)(=O)c1ncc(F)cn1. The molecule has 128 valence electrons. The highest BCUT2D eigenvalue weighted by Gasteiger charge is 2.36. The molecule has 0 N–H and O–H groups in total. The fourth-order valence-corrected chi connectivity index (χ4v) is 3.79. The molecule has 1 aliphatic heterocycles. The monoisotopic (exact) mass is 345 g/mol. The minimum atomic E-state index is -3.81. The molecule has 0 spiro atoms. The summed E-state index contributed by atoms with van der Waals surface area (Å²) in [4.78, 5) is 20.6. The van der Waals surface area contributed by atoms with Crippen molar-refractivity contribution in [2.45, 2.75) is 50.4 Å². The van der Waals surface area contributed by atoms with E-state index in [2.05, 4.69) is 9.97 Å². The van der Waals surface area contributed by atoms with E-state index in [0.717, 1.165) is 12.4 Å². The molecule has 1 fully saturated rings. The third-order valence-electron chi connectivity index (χ3n) is 3.29. The van der Waals surface area contributed by atoms with Crippen molar-refractivity contribution in [1.82, 2.24) is 14.9 Å². The van der Waals surface area contributed by atoms with E-state index < -0.39 is 38.5 Å². The fraction of sp³-hybridized carbons (Fsp3) is 0.643. The van der Waals surface area contributed by atoms with Gasteiger partial charge < -0.3 is 9.64 Å². The van der Waals surface area contributed by atoms with Gasteiger partial charge in [0.2, 0.25) is 15.0 Å². The van der Waals surface area contributed by atoms with Crippen molar-refractivity contribution in [1.29, 1.82) is 0 Å². The number of halogens is 1. The lowest BCUT2D eigenvalue weighted by Gasteiger charge is -2.28. The van der Waals surface area contributed by atoms with E-state index >= 15 is 0 Å². The number of sulfone groups is 1. The van der Waals surface area contributed by atoms with Crippen LogP contribution >= 0.6 is 0 Å². The van der Waals surface area contributed by atoms with Crippen LogP contribution in [0.4, 0.5) is 9.18 Å². The largest absolute Gasteiger partial charge is 0.444 e. The quantitative estimate of drug-likeness (QED) is 0.776. The molecule has 0 saturated carbocycles. The summed E-state index contributed by atoms with van der Waals surface area (Å²) in [7, 11) is -3.81. The van der Waals surface area contributed by atoms with E-state index in [-0.39, 0.29) is 5.75 Å². The second-order valence-corrected chi connectivity index (χ2v) is 8.36. The third kappa shape index (κ3) is 4.60. The molecule has 1 amide bonds. The van der Waals surface area contributed by atoms with Crippen LogP contribution in [0.15, 0.2) is 17.6 Å². The van der Waals surface area contributed by atoms with E-state index in [1.54, 1.807) is 20.8 Å². The zero-order valence-electron chi connectivity index (χ0n) is 13.3. The summed E-state index contributed by atoms with van der Waals surface area (Å²) in [6.07, 6.45) is 2.33. The molecule has 0 aromatic carbocycles. The molecule has 2 heterocycles. The highest BCUT2D eigenvalue weighted by Crippen LogP contribution is 2.23. The minimum Gasteiger partial charge on any atom is -0.444 e. The maximum atomic E-state index is 12.8. The van der Waals surface area contributed by atoms with Crippen LogP contribution in [0.5, 0.6) is 0 Å². The Kier molecular flexibility index (Phi) is 4.88. The molecule has 9 heteroatoms. The molecule has 23 heavy (non-hydrogen) atoms. The van der Waals surface area contributed by atoms with Gasteiger partial charge in [0, 0.05) is 12.6 Å². The van der Waals surface area contributed by atoms with Crippen molar-refractivity contribution < 1.29 is 22.3 Å². The van der Waals surface area contributed by atoms with Gasteiger partial charge in [0.05, 0.1) is 18.1 Å². The number of nitrogens with zero attached hydrogens (tertiary/aromatic N) is 3. The van der Waals surface area contributed by atoms with Crippen LogP contribution in [-0.4, -0.2) is 53.3 Å². The summed E-state index contributed by atoms with van der Waals surface area (Å²) < 4.78 is 42.8. The lowest BCUT2D eigenvalue weighted by molar-refractivity contribution is 0.0241. The summed E-state index contributed by atoms with van der Waals surface area (Å²) in [6, 6.07) is -0.497. The second-order valence-electron chi connectivity index (χ2n) is 6.44. The van der Waals surface area contributed by atoms with Crippen molar-refractivity contribution >= 4 is 15.9 Å². The standard InChI is InChI=1S/C14H20FN3O4S/c1-14(2,3)22-13(19)18-6-4-5-11(18)9-23(20,21)12-16-7-10(15)8-17-12/h7-8,11H,4-6,9H2,1-3H3. The van der Waals surface area contributed by atoms with Gasteiger partial charge in [-0.1, -0.05) is 0 Å². The fourth-order valence-electron chi connectivity index (χ4n) is 2.36. The van der Waals surface area contributed by atoms with Crippen molar-refractivity contribution in [2.75, 3.05) is 12.3 Å². The Bertz CT molecular complexity index is 670. The third-order valence-corrected chi connectivity index (χ3v) is 4.88. The van der Waals surface area contributed by atoms with E-state index in [0.29, 0.717) is 19.4 Å². The van der Waals surface area contributed by atoms with Crippen LogP contribution in [0.1, 0.15) is 33.6 Å². The predicted molar refractivity (Wildman–Crippen MR) is 80.0 cm³/mol. The van der Waals surface area contributed by atoms with Gasteiger partial charge in [-0.25, -0.2) is 27.6 Å². The summed E-state index contributed by atoms with van der Waals surface area (Å²) in [6.45, 7) is 5.69. The van der Waals surface area contributed by atoms with Gasteiger partial charge in [-0.2, -0.15) is 0 Å². The van der Waals surface area contributed by atoms with Crippen LogP contribution in [0.25, 0.3) is 0 Å². The minimum absolute atomic E-state index is 0.308. The Morgan fingerprint density at radius 2 is 2.00 bits per heavy atom. The number of carbonyl (C=O) groups excluding carboxylic acids is 1. The van der Waals surface area contributed by atoms with Gasteiger partial charge in [0.25, 0.3) is 0 Å². The van der Waals surface area contributed by atoms with Gasteiger partial charge in [0.15, 0.2) is 5.82 Å². The maximum Gasteiger partial charge on any atom is 0.410 e. The Morgan fingerprint density at radius 1 is 1.39 bits per heavy atom. The number of hydrogen-bond donors (Lipinski definition) is 0. The molecule has 0 aliphatic carbocycles. The highest BCUT2D eigenvalue weighted by molar-refractivity contribution is 7.91. The first-order valence-electron chi connectivity index (χ1n) is 7.28. The Morgan fingerprint density at radius 3 is 2.57 bits per heavy atom. The average Bonchev–Trinajstić information content (AvgIpc) is 2.84. The molecule has 7 nitrogen and oxygen atoms in total. The molecule has 1 saturated heterocycles. The smallest absolute Gasteiger partial charge is 0.410 e. The van der Waals surface area contributed by atoms with Crippen LogP contribution in [-0.2, 0) is 14.6 Å². The van der Waals surface area contributed by atoms with E-state index in [1.165, 1.54) is 4.90 Å².